The monoisotopic (exact) mass is 412 g/mol. The van der Waals surface area contributed by atoms with Gasteiger partial charge in [0.2, 0.25) is 15.9 Å². The van der Waals surface area contributed by atoms with Crippen LogP contribution in [0.2, 0.25) is 0 Å². The van der Waals surface area contributed by atoms with Gasteiger partial charge >= 0.3 is 0 Å². The summed E-state index contributed by atoms with van der Waals surface area (Å²) in [6, 6.07) is 14.8. The molecular weight excluding hydrogens is 388 g/mol. The number of ether oxygens (including phenoxy) is 1. The maximum Gasteiger partial charge on any atom is 0.243 e. The molecular formula is C22H24N2O4S. The molecule has 0 bridgehead atoms. The average Bonchev–Trinajstić information content (AvgIpc) is 2.73. The van der Waals surface area contributed by atoms with Gasteiger partial charge in [0.1, 0.15) is 11.9 Å². The molecule has 0 saturated carbocycles. The fourth-order valence-electron chi connectivity index (χ4n) is 3.81. The van der Waals surface area contributed by atoms with E-state index < -0.39 is 10.0 Å². The molecule has 1 atom stereocenters. The van der Waals surface area contributed by atoms with E-state index in [1.807, 2.05) is 43.3 Å². The molecule has 6 nitrogen and oxygen atoms in total. The highest BCUT2D eigenvalue weighted by molar-refractivity contribution is 7.89. The van der Waals surface area contributed by atoms with Crippen molar-refractivity contribution in [1.82, 2.24) is 4.31 Å². The summed E-state index contributed by atoms with van der Waals surface area (Å²) < 4.78 is 33.7. The molecule has 0 radical (unpaired) electrons. The number of carbonyl (C=O) groups excluding carboxylic acids is 1. The van der Waals surface area contributed by atoms with Crippen LogP contribution in [0.15, 0.2) is 59.5 Å². The second-order valence-corrected chi connectivity index (χ2v) is 9.33. The minimum absolute atomic E-state index is 0.135. The third kappa shape index (κ3) is 3.80. The first kappa shape index (κ1) is 19.7. The number of hydrogen-bond donors (Lipinski definition) is 0. The summed E-state index contributed by atoms with van der Waals surface area (Å²) in [6.45, 7) is 4.51. The van der Waals surface area contributed by atoms with Crippen LogP contribution in [-0.4, -0.2) is 44.4 Å². The van der Waals surface area contributed by atoms with Gasteiger partial charge in [0.05, 0.1) is 17.1 Å². The number of anilines is 1. The van der Waals surface area contributed by atoms with Crippen molar-refractivity contribution in [2.24, 2.45) is 0 Å². The molecule has 2 aromatic rings. The standard InChI is InChI=1S/C22H24N2O4S/c1-16-15-24(17(2)25)21-14-20(8-9-22(21)28-16)29(26,27)23-12-10-19(11-13-23)18-6-4-3-5-7-18/h3-10,14,16H,11-13,15H2,1-2H3. The lowest BCUT2D eigenvalue weighted by Crippen LogP contribution is -2.41. The van der Waals surface area contributed by atoms with E-state index in [0.717, 1.165) is 11.1 Å². The number of nitrogens with zero attached hydrogens (tertiary/aromatic N) is 2. The zero-order chi connectivity index (χ0) is 20.6. The van der Waals surface area contributed by atoms with Gasteiger partial charge in [-0.2, -0.15) is 4.31 Å². The highest BCUT2D eigenvalue weighted by Gasteiger charge is 2.31. The van der Waals surface area contributed by atoms with E-state index >= 15 is 0 Å². The average molecular weight is 413 g/mol. The van der Waals surface area contributed by atoms with E-state index in [0.29, 0.717) is 37.5 Å². The summed E-state index contributed by atoms with van der Waals surface area (Å²) >= 11 is 0. The largest absolute Gasteiger partial charge is 0.487 e. The molecule has 1 unspecified atom stereocenters. The van der Waals surface area contributed by atoms with Gasteiger partial charge in [-0.25, -0.2) is 8.42 Å². The maximum atomic E-state index is 13.2. The number of rotatable bonds is 3. The van der Waals surface area contributed by atoms with Gasteiger partial charge in [-0.3, -0.25) is 4.79 Å². The van der Waals surface area contributed by atoms with Crippen molar-refractivity contribution < 1.29 is 17.9 Å². The number of hydrogen-bond acceptors (Lipinski definition) is 4. The van der Waals surface area contributed by atoms with Gasteiger partial charge in [0.25, 0.3) is 0 Å². The number of carbonyl (C=O) groups is 1. The van der Waals surface area contributed by atoms with Gasteiger partial charge < -0.3 is 9.64 Å². The Hall–Kier alpha value is -2.64. The normalized spacial score (nSPS) is 19.9. The summed E-state index contributed by atoms with van der Waals surface area (Å²) in [7, 11) is -3.67. The third-order valence-corrected chi connectivity index (χ3v) is 7.18. The second-order valence-electron chi connectivity index (χ2n) is 7.40. The summed E-state index contributed by atoms with van der Waals surface area (Å²) in [5, 5.41) is 0. The summed E-state index contributed by atoms with van der Waals surface area (Å²) in [5.74, 6) is 0.396. The van der Waals surface area contributed by atoms with Gasteiger partial charge in [-0.15, -0.1) is 0 Å². The van der Waals surface area contributed by atoms with Crippen LogP contribution in [-0.2, 0) is 14.8 Å². The highest BCUT2D eigenvalue weighted by Crippen LogP contribution is 2.36. The van der Waals surface area contributed by atoms with Crippen molar-refractivity contribution in [3.8, 4) is 5.75 Å². The maximum absolute atomic E-state index is 13.2. The lowest BCUT2D eigenvalue weighted by atomic mass is 10.0. The van der Waals surface area contributed by atoms with Crippen molar-refractivity contribution in [2.45, 2.75) is 31.3 Å². The van der Waals surface area contributed by atoms with Crippen LogP contribution in [0.5, 0.6) is 5.75 Å². The van der Waals surface area contributed by atoms with Crippen LogP contribution >= 0.6 is 0 Å². The van der Waals surface area contributed by atoms with E-state index in [1.165, 1.54) is 11.2 Å². The Labute approximate surface area is 171 Å². The van der Waals surface area contributed by atoms with E-state index in [2.05, 4.69) is 0 Å². The van der Waals surface area contributed by atoms with Gasteiger partial charge in [-0.1, -0.05) is 36.4 Å². The number of fused-ring (bicyclic) bond motifs is 1. The van der Waals surface area contributed by atoms with Crippen LogP contribution < -0.4 is 9.64 Å². The molecule has 0 aliphatic carbocycles. The summed E-state index contributed by atoms with van der Waals surface area (Å²) in [5.41, 5.74) is 2.79. The fraction of sp³-hybridized carbons (Fsp3) is 0.318. The van der Waals surface area contributed by atoms with Crippen LogP contribution in [0.4, 0.5) is 5.69 Å². The Bertz CT molecular complexity index is 1060. The summed E-state index contributed by atoms with van der Waals surface area (Å²) in [6.07, 6.45) is 2.49. The SMILES string of the molecule is CC(=O)N1CC(C)Oc2ccc(S(=O)(=O)N3CC=C(c4ccccc4)CC3)cc21. The smallest absolute Gasteiger partial charge is 0.243 e. The zero-order valence-electron chi connectivity index (χ0n) is 16.5. The van der Waals surface area contributed by atoms with E-state index in [9.17, 15) is 13.2 Å². The first-order valence-electron chi connectivity index (χ1n) is 9.69. The molecule has 4 rings (SSSR count). The van der Waals surface area contributed by atoms with Gasteiger partial charge in [0, 0.05) is 20.0 Å². The fourth-order valence-corrected chi connectivity index (χ4v) is 5.21. The molecule has 0 fully saturated rings. The van der Waals surface area contributed by atoms with Crippen LogP contribution in [0.3, 0.4) is 0 Å². The van der Waals surface area contributed by atoms with Crippen molar-refractivity contribution in [2.75, 3.05) is 24.5 Å². The lowest BCUT2D eigenvalue weighted by molar-refractivity contribution is -0.117. The van der Waals surface area contributed by atoms with Crippen molar-refractivity contribution in [3.63, 3.8) is 0 Å². The molecule has 0 spiro atoms. The first-order chi connectivity index (χ1) is 13.9. The minimum Gasteiger partial charge on any atom is -0.487 e. The Morgan fingerprint density at radius 2 is 1.90 bits per heavy atom. The molecule has 0 aromatic heterocycles. The zero-order valence-corrected chi connectivity index (χ0v) is 17.4. The molecule has 29 heavy (non-hydrogen) atoms. The molecule has 2 aliphatic heterocycles. The Morgan fingerprint density at radius 1 is 1.14 bits per heavy atom. The van der Waals surface area contributed by atoms with Crippen molar-refractivity contribution >= 4 is 27.2 Å². The predicted molar refractivity (Wildman–Crippen MR) is 112 cm³/mol. The predicted octanol–water partition coefficient (Wildman–Crippen LogP) is 3.30. The third-order valence-electron chi connectivity index (χ3n) is 5.32. The van der Waals surface area contributed by atoms with Crippen molar-refractivity contribution in [3.05, 3.63) is 60.2 Å². The first-order valence-corrected chi connectivity index (χ1v) is 11.1. The van der Waals surface area contributed by atoms with Crippen LogP contribution in [0.1, 0.15) is 25.8 Å². The van der Waals surface area contributed by atoms with E-state index in [4.69, 9.17) is 4.74 Å². The van der Waals surface area contributed by atoms with E-state index in [1.54, 1.807) is 23.1 Å². The molecule has 1 amide bonds. The minimum atomic E-state index is -3.67. The molecule has 7 heteroatoms. The van der Waals surface area contributed by atoms with E-state index in [-0.39, 0.29) is 16.9 Å². The quantitative estimate of drug-likeness (QED) is 0.776. The number of amides is 1. The topological polar surface area (TPSA) is 66.9 Å². The van der Waals surface area contributed by atoms with Crippen LogP contribution in [0.25, 0.3) is 5.57 Å². The summed E-state index contributed by atoms with van der Waals surface area (Å²) in [4.78, 5) is 13.8. The number of benzene rings is 2. The Morgan fingerprint density at radius 3 is 2.55 bits per heavy atom. The number of sulfonamides is 1. The molecule has 0 saturated heterocycles. The molecule has 2 aromatic carbocycles. The molecule has 0 N–H and O–H groups in total. The van der Waals surface area contributed by atoms with Gasteiger partial charge in [0.15, 0.2) is 0 Å². The van der Waals surface area contributed by atoms with Crippen molar-refractivity contribution in [1.29, 1.82) is 0 Å². The van der Waals surface area contributed by atoms with Gasteiger partial charge in [-0.05, 0) is 42.7 Å². The molecule has 2 aliphatic rings. The second kappa shape index (κ2) is 7.65. The Balaban J connectivity index is 1.61. The van der Waals surface area contributed by atoms with Crippen LogP contribution in [0, 0.1) is 0 Å². The Kier molecular flexibility index (Phi) is 5.19. The molecule has 152 valence electrons. The lowest BCUT2D eigenvalue weighted by Gasteiger charge is -2.33. The highest BCUT2D eigenvalue weighted by atomic mass is 32.2. The molecule has 2 heterocycles.